The maximum Gasteiger partial charge on any atom is 0.0713 e. The minimum Gasteiger partial charge on any atom is -0.380 e. The molecule has 0 aliphatic rings. The van der Waals surface area contributed by atoms with Crippen LogP contribution >= 0.6 is 0 Å². The molecule has 0 amide bonds. The molecule has 0 saturated heterocycles. The first-order chi connectivity index (χ1) is 6.36. The molecule has 0 fully saturated rings. The van der Waals surface area contributed by atoms with E-state index in [2.05, 4.69) is 11.8 Å². The lowest BCUT2D eigenvalue weighted by Gasteiger charge is -1.98. The van der Waals surface area contributed by atoms with E-state index in [-0.39, 0.29) is 0 Å². The van der Waals surface area contributed by atoms with E-state index in [1.165, 1.54) is 0 Å². The molecule has 0 spiro atoms. The van der Waals surface area contributed by atoms with Crippen molar-refractivity contribution >= 4 is 0 Å². The SMILES string of the molecule is COCc1ccc(C#CCN)cc1. The van der Waals surface area contributed by atoms with Crippen LogP contribution in [-0.4, -0.2) is 13.7 Å². The second kappa shape index (κ2) is 5.36. The lowest BCUT2D eigenvalue weighted by molar-refractivity contribution is 0.185. The van der Waals surface area contributed by atoms with Crippen LogP contribution in [0.5, 0.6) is 0 Å². The molecular formula is C11H13NO. The number of hydrogen-bond acceptors (Lipinski definition) is 2. The molecule has 0 aromatic heterocycles. The quantitative estimate of drug-likeness (QED) is 0.684. The summed E-state index contributed by atoms with van der Waals surface area (Å²) in [5.41, 5.74) is 7.40. The fourth-order valence-corrected chi connectivity index (χ4v) is 1.00. The number of methoxy groups -OCH3 is 1. The lowest BCUT2D eigenvalue weighted by atomic mass is 10.1. The zero-order valence-electron chi connectivity index (χ0n) is 7.71. The van der Waals surface area contributed by atoms with Crippen LogP contribution in [0.2, 0.25) is 0 Å². The van der Waals surface area contributed by atoms with Gasteiger partial charge in [-0.3, -0.25) is 0 Å². The van der Waals surface area contributed by atoms with E-state index in [9.17, 15) is 0 Å². The smallest absolute Gasteiger partial charge is 0.0713 e. The summed E-state index contributed by atoms with van der Waals surface area (Å²) in [5.74, 6) is 5.76. The highest BCUT2D eigenvalue weighted by molar-refractivity contribution is 5.36. The molecule has 2 N–H and O–H groups in total. The number of hydrogen-bond donors (Lipinski definition) is 1. The van der Waals surface area contributed by atoms with Gasteiger partial charge in [-0.25, -0.2) is 0 Å². The van der Waals surface area contributed by atoms with Crippen LogP contribution in [0.25, 0.3) is 0 Å². The van der Waals surface area contributed by atoms with E-state index in [1.54, 1.807) is 7.11 Å². The molecule has 1 aromatic rings. The van der Waals surface area contributed by atoms with Gasteiger partial charge in [-0.15, -0.1) is 0 Å². The fourth-order valence-electron chi connectivity index (χ4n) is 1.00. The van der Waals surface area contributed by atoms with Crippen molar-refractivity contribution in [2.75, 3.05) is 13.7 Å². The van der Waals surface area contributed by atoms with Crippen LogP contribution in [0.3, 0.4) is 0 Å². The zero-order valence-corrected chi connectivity index (χ0v) is 7.71. The number of benzene rings is 1. The molecule has 0 heterocycles. The second-order valence-electron chi connectivity index (χ2n) is 2.64. The molecule has 0 atom stereocenters. The topological polar surface area (TPSA) is 35.2 Å². The van der Waals surface area contributed by atoms with Crippen molar-refractivity contribution in [2.45, 2.75) is 6.61 Å². The Morgan fingerprint density at radius 2 is 2.00 bits per heavy atom. The van der Waals surface area contributed by atoms with Crippen molar-refractivity contribution in [3.8, 4) is 11.8 Å². The van der Waals surface area contributed by atoms with Crippen molar-refractivity contribution in [1.29, 1.82) is 0 Å². The largest absolute Gasteiger partial charge is 0.380 e. The number of rotatable bonds is 2. The Bertz CT molecular complexity index is 305. The monoisotopic (exact) mass is 175 g/mol. The average Bonchev–Trinajstić information content (AvgIpc) is 2.17. The Morgan fingerprint density at radius 1 is 1.31 bits per heavy atom. The van der Waals surface area contributed by atoms with Gasteiger partial charge in [-0.1, -0.05) is 24.0 Å². The maximum absolute atomic E-state index is 5.26. The van der Waals surface area contributed by atoms with Gasteiger partial charge in [0.2, 0.25) is 0 Å². The predicted octanol–water partition coefficient (Wildman–Crippen LogP) is 1.14. The standard InChI is InChI=1S/C11H13NO/c1-13-9-11-6-4-10(5-7-11)3-2-8-12/h4-7H,8-9,12H2,1H3. The van der Waals surface area contributed by atoms with Gasteiger partial charge in [-0.2, -0.15) is 0 Å². The average molecular weight is 175 g/mol. The minimum absolute atomic E-state index is 0.403. The highest BCUT2D eigenvalue weighted by Gasteiger charge is 1.90. The maximum atomic E-state index is 5.26. The molecule has 0 bridgehead atoms. The fraction of sp³-hybridized carbons (Fsp3) is 0.273. The molecule has 0 radical (unpaired) electrons. The molecule has 2 nitrogen and oxygen atoms in total. The van der Waals surface area contributed by atoms with Crippen molar-refractivity contribution in [1.82, 2.24) is 0 Å². The first kappa shape index (κ1) is 9.79. The Hall–Kier alpha value is -1.30. The van der Waals surface area contributed by atoms with Gasteiger partial charge in [0, 0.05) is 12.7 Å². The molecule has 1 rings (SSSR count). The molecule has 0 aliphatic carbocycles. The predicted molar refractivity (Wildman–Crippen MR) is 53.1 cm³/mol. The summed E-state index contributed by atoms with van der Waals surface area (Å²) in [6.07, 6.45) is 0. The second-order valence-corrected chi connectivity index (χ2v) is 2.64. The molecule has 68 valence electrons. The molecule has 0 aliphatic heterocycles. The Labute approximate surface area is 78.7 Å². The summed E-state index contributed by atoms with van der Waals surface area (Å²) in [7, 11) is 1.68. The van der Waals surface area contributed by atoms with Gasteiger partial charge >= 0.3 is 0 Å². The van der Waals surface area contributed by atoms with Crippen LogP contribution in [0, 0.1) is 11.8 Å². The van der Waals surface area contributed by atoms with E-state index in [1.807, 2.05) is 24.3 Å². The number of ether oxygens (including phenoxy) is 1. The van der Waals surface area contributed by atoms with Gasteiger partial charge in [0.25, 0.3) is 0 Å². The van der Waals surface area contributed by atoms with Crippen LogP contribution in [0.15, 0.2) is 24.3 Å². The summed E-state index contributed by atoms with van der Waals surface area (Å²) < 4.78 is 4.99. The van der Waals surface area contributed by atoms with E-state index in [0.717, 1.165) is 11.1 Å². The molecule has 0 saturated carbocycles. The van der Waals surface area contributed by atoms with Crippen molar-refractivity contribution in [3.63, 3.8) is 0 Å². The van der Waals surface area contributed by atoms with Crippen molar-refractivity contribution in [3.05, 3.63) is 35.4 Å². The summed E-state index contributed by atoms with van der Waals surface area (Å²) in [6, 6.07) is 7.95. The van der Waals surface area contributed by atoms with E-state index < -0.39 is 0 Å². The minimum atomic E-state index is 0.403. The van der Waals surface area contributed by atoms with E-state index >= 15 is 0 Å². The third-order valence-electron chi connectivity index (χ3n) is 1.60. The Balaban J connectivity index is 2.69. The first-order valence-corrected chi connectivity index (χ1v) is 4.13. The van der Waals surface area contributed by atoms with Gasteiger partial charge in [0.1, 0.15) is 0 Å². The molecule has 13 heavy (non-hydrogen) atoms. The van der Waals surface area contributed by atoms with Gasteiger partial charge < -0.3 is 10.5 Å². The van der Waals surface area contributed by atoms with Gasteiger partial charge in [0.15, 0.2) is 0 Å². The van der Waals surface area contributed by atoms with Gasteiger partial charge in [-0.05, 0) is 17.7 Å². The van der Waals surface area contributed by atoms with Crippen LogP contribution < -0.4 is 5.73 Å². The van der Waals surface area contributed by atoms with E-state index in [0.29, 0.717) is 13.2 Å². The summed E-state index contributed by atoms with van der Waals surface area (Å²) in [4.78, 5) is 0. The Kier molecular flexibility index (Phi) is 4.04. The van der Waals surface area contributed by atoms with Crippen LogP contribution in [0.1, 0.15) is 11.1 Å². The van der Waals surface area contributed by atoms with Crippen molar-refractivity contribution < 1.29 is 4.74 Å². The third-order valence-corrected chi connectivity index (χ3v) is 1.60. The number of nitrogens with two attached hydrogens (primary N) is 1. The normalized spacial score (nSPS) is 9.08. The highest BCUT2D eigenvalue weighted by atomic mass is 16.5. The summed E-state index contributed by atoms with van der Waals surface area (Å²) in [5, 5.41) is 0. The lowest BCUT2D eigenvalue weighted by Crippen LogP contribution is -1.93. The zero-order chi connectivity index (χ0) is 9.52. The molecule has 2 heteroatoms. The Morgan fingerprint density at radius 3 is 2.54 bits per heavy atom. The van der Waals surface area contributed by atoms with Crippen LogP contribution in [0.4, 0.5) is 0 Å². The van der Waals surface area contributed by atoms with Gasteiger partial charge in [0.05, 0.1) is 13.2 Å². The summed E-state index contributed by atoms with van der Waals surface area (Å²) in [6.45, 7) is 1.05. The first-order valence-electron chi connectivity index (χ1n) is 4.13. The van der Waals surface area contributed by atoms with Crippen LogP contribution in [-0.2, 0) is 11.3 Å². The molecule has 1 aromatic carbocycles. The highest BCUT2D eigenvalue weighted by Crippen LogP contribution is 2.03. The van der Waals surface area contributed by atoms with Crippen molar-refractivity contribution in [2.24, 2.45) is 5.73 Å². The third kappa shape index (κ3) is 3.29. The summed E-state index contributed by atoms with van der Waals surface area (Å²) >= 11 is 0. The van der Waals surface area contributed by atoms with E-state index in [4.69, 9.17) is 10.5 Å². The molecule has 0 unspecified atom stereocenters. The molecular weight excluding hydrogens is 162 g/mol.